The summed E-state index contributed by atoms with van der Waals surface area (Å²) in [5, 5.41) is 10.7. The minimum Gasteiger partial charge on any atom is -0.497 e. The molecule has 5 nitrogen and oxygen atoms in total. The Hall–Kier alpha value is -1.75. The predicted molar refractivity (Wildman–Crippen MR) is 79.5 cm³/mol. The maximum Gasteiger partial charge on any atom is 0.266 e. The van der Waals surface area contributed by atoms with Gasteiger partial charge in [-0.1, -0.05) is 12.8 Å². The highest BCUT2D eigenvalue weighted by Gasteiger charge is 2.46. The number of methoxy groups -OCH3 is 1. The van der Waals surface area contributed by atoms with E-state index in [4.69, 9.17) is 9.47 Å². The summed E-state index contributed by atoms with van der Waals surface area (Å²) in [6.45, 7) is 0. The number of amides is 1. The van der Waals surface area contributed by atoms with Gasteiger partial charge in [-0.25, -0.2) is 0 Å². The van der Waals surface area contributed by atoms with Crippen molar-refractivity contribution in [3.63, 3.8) is 0 Å². The lowest BCUT2D eigenvalue weighted by molar-refractivity contribution is -0.149. The molecule has 116 valence electrons. The topological polar surface area (TPSA) is 59.0 Å². The number of aliphatic hydroxyl groups is 1. The van der Waals surface area contributed by atoms with Gasteiger partial charge in [-0.3, -0.25) is 4.79 Å². The van der Waals surface area contributed by atoms with Gasteiger partial charge in [0.05, 0.1) is 7.11 Å². The molecule has 5 heteroatoms. The van der Waals surface area contributed by atoms with Crippen molar-refractivity contribution in [3.05, 3.63) is 24.3 Å². The molecule has 1 atom stereocenters. The SMILES string of the molecule is COc1ccc(OC(C(=O)N(C)C)C2(O)CCCC2)cc1. The Labute approximate surface area is 125 Å². The maximum absolute atomic E-state index is 12.4. The zero-order valence-electron chi connectivity index (χ0n) is 12.8. The van der Waals surface area contributed by atoms with Gasteiger partial charge in [-0.2, -0.15) is 0 Å². The second-order valence-electron chi connectivity index (χ2n) is 5.72. The van der Waals surface area contributed by atoms with Gasteiger partial charge in [0.15, 0.2) is 0 Å². The smallest absolute Gasteiger partial charge is 0.266 e. The van der Waals surface area contributed by atoms with Crippen LogP contribution in [0.5, 0.6) is 11.5 Å². The van der Waals surface area contributed by atoms with E-state index >= 15 is 0 Å². The lowest BCUT2D eigenvalue weighted by Gasteiger charge is -2.33. The van der Waals surface area contributed by atoms with Crippen LogP contribution in [-0.4, -0.2) is 48.8 Å². The first kappa shape index (κ1) is 15.6. The number of hydrogen-bond donors (Lipinski definition) is 1. The Kier molecular flexibility index (Phi) is 4.73. The third-order valence-electron chi connectivity index (χ3n) is 3.94. The summed E-state index contributed by atoms with van der Waals surface area (Å²) in [7, 11) is 4.94. The Morgan fingerprint density at radius 1 is 1.19 bits per heavy atom. The van der Waals surface area contributed by atoms with Crippen LogP contribution in [0.15, 0.2) is 24.3 Å². The number of carbonyl (C=O) groups is 1. The standard InChI is InChI=1S/C16H23NO4/c1-17(2)15(18)14(16(19)10-4-5-11-16)21-13-8-6-12(20-3)7-9-13/h6-9,14,19H,4-5,10-11H2,1-3H3. The summed E-state index contributed by atoms with van der Waals surface area (Å²) in [6, 6.07) is 7.02. The van der Waals surface area contributed by atoms with E-state index < -0.39 is 11.7 Å². The molecule has 1 amide bonds. The van der Waals surface area contributed by atoms with Gasteiger partial charge in [0.2, 0.25) is 6.10 Å². The average Bonchev–Trinajstić information content (AvgIpc) is 2.92. The number of hydrogen-bond acceptors (Lipinski definition) is 4. The van der Waals surface area contributed by atoms with Crippen LogP contribution in [0, 0.1) is 0 Å². The van der Waals surface area contributed by atoms with Crippen molar-refractivity contribution >= 4 is 5.91 Å². The van der Waals surface area contributed by atoms with Gasteiger partial charge in [0.1, 0.15) is 17.1 Å². The van der Waals surface area contributed by atoms with Crippen LogP contribution >= 0.6 is 0 Å². The van der Waals surface area contributed by atoms with Crippen LogP contribution in [0.4, 0.5) is 0 Å². The van der Waals surface area contributed by atoms with Crippen molar-refractivity contribution in [3.8, 4) is 11.5 Å². The van der Waals surface area contributed by atoms with E-state index in [0.717, 1.165) is 18.6 Å². The van der Waals surface area contributed by atoms with E-state index in [2.05, 4.69) is 0 Å². The van der Waals surface area contributed by atoms with E-state index in [0.29, 0.717) is 18.6 Å². The predicted octanol–water partition coefficient (Wildman–Crippen LogP) is 1.84. The molecule has 0 bridgehead atoms. The van der Waals surface area contributed by atoms with Gasteiger partial charge in [-0.05, 0) is 37.1 Å². The molecule has 1 aromatic carbocycles. The van der Waals surface area contributed by atoms with Gasteiger partial charge in [0.25, 0.3) is 5.91 Å². The Bertz CT molecular complexity index is 478. The highest BCUT2D eigenvalue weighted by Crippen LogP contribution is 2.35. The van der Waals surface area contributed by atoms with Gasteiger partial charge >= 0.3 is 0 Å². The first-order valence-corrected chi connectivity index (χ1v) is 7.20. The molecular formula is C16H23NO4. The molecule has 1 aliphatic rings. The van der Waals surface area contributed by atoms with Crippen LogP contribution in [0.2, 0.25) is 0 Å². The second kappa shape index (κ2) is 6.35. The fraction of sp³-hybridized carbons (Fsp3) is 0.562. The normalized spacial score (nSPS) is 18.1. The number of likely N-dealkylation sites (N-methyl/N-ethyl adjacent to an activating group) is 1. The summed E-state index contributed by atoms with van der Waals surface area (Å²) in [5.74, 6) is 1.06. The minimum absolute atomic E-state index is 0.213. The molecule has 1 N–H and O–H groups in total. The largest absolute Gasteiger partial charge is 0.497 e. The molecule has 0 radical (unpaired) electrons. The highest BCUT2D eigenvalue weighted by molar-refractivity contribution is 5.82. The van der Waals surface area contributed by atoms with Crippen LogP contribution in [0.3, 0.4) is 0 Å². The number of carbonyl (C=O) groups excluding carboxylic acids is 1. The van der Waals surface area contributed by atoms with Crippen LogP contribution in [0.1, 0.15) is 25.7 Å². The molecule has 1 aliphatic carbocycles. The van der Waals surface area contributed by atoms with E-state index in [1.807, 2.05) is 0 Å². The van der Waals surface area contributed by atoms with Gasteiger partial charge in [0, 0.05) is 14.1 Å². The molecule has 21 heavy (non-hydrogen) atoms. The first-order valence-electron chi connectivity index (χ1n) is 7.20. The Morgan fingerprint density at radius 3 is 2.19 bits per heavy atom. The minimum atomic E-state index is -1.08. The molecule has 0 spiro atoms. The van der Waals surface area contributed by atoms with E-state index in [1.54, 1.807) is 45.5 Å². The first-order chi connectivity index (χ1) is 9.96. The van der Waals surface area contributed by atoms with Crippen molar-refractivity contribution in [1.82, 2.24) is 4.90 Å². The van der Waals surface area contributed by atoms with Crippen LogP contribution in [0.25, 0.3) is 0 Å². The molecular weight excluding hydrogens is 270 g/mol. The summed E-state index contributed by atoms with van der Waals surface area (Å²) in [5.41, 5.74) is -1.08. The quantitative estimate of drug-likeness (QED) is 0.900. The van der Waals surface area contributed by atoms with E-state index in [-0.39, 0.29) is 5.91 Å². The maximum atomic E-state index is 12.4. The van der Waals surface area contributed by atoms with Crippen molar-refractivity contribution in [1.29, 1.82) is 0 Å². The number of rotatable bonds is 5. The summed E-state index contributed by atoms with van der Waals surface area (Å²) in [6.07, 6.45) is 2.14. The van der Waals surface area contributed by atoms with Gasteiger partial charge in [-0.15, -0.1) is 0 Å². The van der Waals surface area contributed by atoms with Crippen molar-refractivity contribution < 1.29 is 19.4 Å². The lowest BCUT2D eigenvalue weighted by Crippen LogP contribution is -2.52. The van der Waals surface area contributed by atoms with Crippen molar-refractivity contribution in [2.45, 2.75) is 37.4 Å². The zero-order chi connectivity index (χ0) is 15.5. The molecule has 0 saturated heterocycles. The summed E-state index contributed by atoms with van der Waals surface area (Å²) in [4.78, 5) is 13.8. The third kappa shape index (κ3) is 3.47. The highest BCUT2D eigenvalue weighted by atomic mass is 16.5. The molecule has 1 aromatic rings. The third-order valence-corrected chi connectivity index (χ3v) is 3.94. The number of benzene rings is 1. The lowest BCUT2D eigenvalue weighted by atomic mass is 9.93. The van der Waals surface area contributed by atoms with Crippen molar-refractivity contribution in [2.24, 2.45) is 0 Å². The average molecular weight is 293 g/mol. The molecule has 0 aromatic heterocycles. The summed E-state index contributed by atoms with van der Waals surface area (Å²) < 4.78 is 10.9. The fourth-order valence-electron chi connectivity index (χ4n) is 2.66. The second-order valence-corrected chi connectivity index (χ2v) is 5.72. The molecule has 1 fully saturated rings. The van der Waals surface area contributed by atoms with Crippen molar-refractivity contribution in [2.75, 3.05) is 21.2 Å². The Morgan fingerprint density at radius 2 is 1.71 bits per heavy atom. The van der Waals surface area contributed by atoms with Crippen LogP contribution in [-0.2, 0) is 4.79 Å². The summed E-state index contributed by atoms with van der Waals surface area (Å²) >= 11 is 0. The number of ether oxygens (including phenoxy) is 2. The molecule has 2 rings (SSSR count). The molecule has 1 saturated carbocycles. The van der Waals surface area contributed by atoms with E-state index in [1.165, 1.54) is 4.90 Å². The fourth-order valence-corrected chi connectivity index (χ4v) is 2.66. The van der Waals surface area contributed by atoms with Crippen LogP contribution < -0.4 is 9.47 Å². The molecule has 1 unspecified atom stereocenters. The monoisotopic (exact) mass is 293 g/mol. The molecule has 0 aliphatic heterocycles. The van der Waals surface area contributed by atoms with Gasteiger partial charge < -0.3 is 19.5 Å². The zero-order valence-corrected chi connectivity index (χ0v) is 12.8. The Balaban J connectivity index is 2.20. The van der Waals surface area contributed by atoms with E-state index in [9.17, 15) is 9.90 Å². The molecule has 0 heterocycles. The number of nitrogens with zero attached hydrogens (tertiary/aromatic N) is 1.